The normalized spacial score (nSPS) is 19.1. The molecule has 0 N–H and O–H groups in total. The van der Waals surface area contributed by atoms with Crippen LogP contribution in [0.1, 0.15) is 23.9 Å². The van der Waals surface area contributed by atoms with Crippen molar-refractivity contribution in [2.24, 2.45) is 0 Å². The first kappa shape index (κ1) is 24.0. The number of nitrogens with zero attached hydrogens (tertiary/aromatic N) is 3. The average Bonchev–Trinajstić information content (AvgIpc) is 3.51. The molecule has 1 fully saturated rings. The summed E-state index contributed by atoms with van der Waals surface area (Å²) < 4.78 is 11.7. The maximum Gasteiger partial charge on any atom is 0.409 e. The van der Waals surface area contributed by atoms with Crippen LogP contribution in [0.5, 0.6) is 0 Å². The number of esters is 1. The highest BCUT2D eigenvalue weighted by molar-refractivity contribution is 9.10. The van der Waals surface area contributed by atoms with E-state index >= 15 is 0 Å². The monoisotopic (exact) mass is 553 g/mol. The molecule has 8 nitrogen and oxygen atoms in total. The number of anilines is 1. The van der Waals surface area contributed by atoms with Crippen molar-refractivity contribution >= 4 is 62.7 Å². The van der Waals surface area contributed by atoms with Gasteiger partial charge in [0, 0.05) is 35.2 Å². The van der Waals surface area contributed by atoms with Crippen molar-refractivity contribution in [3.8, 4) is 0 Å². The lowest BCUT2D eigenvalue weighted by Crippen LogP contribution is -2.40. The molecular weight excluding hydrogens is 530 g/mol. The van der Waals surface area contributed by atoms with Gasteiger partial charge in [-0.05, 0) is 37.1 Å². The molecule has 1 atom stereocenters. The molecule has 1 aromatic carbocycles. The summed E-state index contributed by atoms with van der Waals surface area (Å²) in [6.07, 6.45) is 2.29. The van der Waals surface area contributed by atoms with Crippen LogP contribution in [0.25, 0.3) is 0 Å². The minimum absolute atomic E-state index is 0.0386. The van der Waals surface area contributed by atoms with Crippen LogP contribution < -0.4 is 4.90 Å². The minimum Gasteiger partial charge on any atom is -0.465 e. The summed E-state index contributed by atoms with van der Waals surface area (Å²) in [6.45, 7) is 3.75. The summed E-state index contributed by atoms with van der Waals surface area (Å²) in [5.41, 5.74) is 1.64. The van der Waals surface area contributed by atoms with E-state index in [2.05, 4.69) is 27.0 Å². The van der Waals surface area contributed by atoms with Crippen LogP contribution in [0, 0.1) is 0 Å². The largest absolute Gasteiger partial charge is 0.465 e. The lowest BCUT2D eigenvalue weighted by Gasteiger charge is -2.25. The smallest absolute Gasteiger partial charge is 0.409 e. The summed E-state index contributed by atoms with van der Waals surface area (Å²) in [4.78, 5) is 44.9. The highest BCUT2D eigenvalue weighted by Crippen LogP contribution is 2.47. The third-order valence-corrected chi connectivity index (χ3v) is 8.50. The Morgan fingerprint density at radius 1 is 1.30 bits per heavy atom. The third kappa shape index (κ3) is 5.04. The fraction of sp³-hybridized carbons (Fsp3) is 0.455. The van der Waals surface area contributed by atoms with Gasteiger partial charge in [-0.3, -0.25) is 9.59 Å². The summed E-state index contributed by atoms with van der Waals surface area (Å²) in [5.74, 6) is -0.0868. The van der Waals surface area contributed by atoms with Gasteiger partial charge >= 0.3 is 12.1 Å². The maximum atomic E-state index is 13.3. The lowest BCUT2D eigenvalue weighted by molar-refractivity contribution is -0.139. The number of halogens is 1. The fourth-order valence-electron chi connectivity index (χ4n) is 4.37. The van der Waals surface area contributed by atoms with E-state index in [1.165, 1.54) is 30.2 Å². The summed E-state index contributed by atoms with van der Waals surface area (Å²) >= 11 is 6.32. The SMILES string of the molecule is CCOC(=O)CSc1cnc(CC(=O)N2CC3(CCN(C(=O)OC)C3)c3cc(Br)ccc32)s1. The van der Waals surface area contributed by atoms with Crippen LogP contribution in [-0.2, 0) is 30.9 Å². The van der Waals surface area contributed by atoms with Gasteiger partial charge in [0.25, 0.3) is 0 Å². The van der Waals surface area contributed by atoms with Gasteiger partial charge in [-0.25, -0.2) is 9.78 Å². The van der Waals surface area contributed by atoms with Crippen molar-refractivity contribution in [3.63, 3.8) is 0 Å². The molecule has 2 aromatic rings. The van der Waals surface area contributed by atoms with Gasteiger partial charge in [-0.15, -0.1) is 23.1 Å². The van der Waals surface area contributed by atoms with Gasteiger partial charge in [0.2, 0.25) is 5.91 Å². The minimum atomic E-state index is -0.344. The molecule has 4 rings (SSSR count). The van der Waals surface area contributed by atoms with Crippen LogP contribution >= 0.6 is 39.0 Å². The Morgan fingerprint density at radius 3 is 2.88 bits per heavy atom. The Labute approximate surface area is 208 Å². The number of carbonyl (C=O) groups excluding carboxylic acids is 3. The van der Waals surface area contributed by atoms with E-state index in [0.717, 1.165) is 26.4 Å². The Hall–Kier alpha value is -2.11. The fourth-order valence-corrected chi connectivity index (χ4v) is 6.54. The zero-order valence-corrected chi connectivity index (χ0v) is 21.6. The predicted octanol–water partition coefficient (Wildman–Crippen LogP) is 3.86. The van der Waals surface area contributed by atoms with E-state index in [4.69, 9.17) is 9.47 Å². The molecule has 0 radical (unpaired) electrons. The molecule has 176 valence electrons. The molecule has 2 aliphatic rings. The second-order valence-electron chi connectivity index (χ2n) is 7.91. The molecule has 3 heterocycles. The molecule has 1 aromatic heterocycles. The molecule has 0 saturated carbocycles. The first-order valence-electron chi connectivity index (χ1n) is 10.5. The van der Waals surface area contributed by atoms with Crippen molar-refractivity contribution in [2.45, 2.75) is 29.4 Å². The number of aromatic nitrogens is 1. The molecular formula is C22H24BrN3O5S2. The number of rotatable bonds is 6. The topological polar surface area (TPSA) is 89.0 Å². The molecule has 2 amide bonds. The van der Waals surface area contributed by atoms with Gasteiger partial charge in [-0.1, -0.05) is 15.9 Å². The highest BCUT2D eigenvalue weighted by Gasteiger charge is 2.50. The molecule has 11 heteroatoms. The Kier molecular flexibility index (Phi) is 7.30. The molecule has 33 heavy (non-hydrogen) atoms. The number of hydrogen-bond donors (Lipinski definition) is 0. The van der Waals surface area contributed by atoms with Crippen molar-refractivity contribution in [1.29, 1.82) is 0 Å². The number of hydrogen-bond acceptors (Lipinski definition) is 8. The van der Waals surface area contributed by atoms with Crippen molar-refractivity contribution in [2.75, 3.05) is 44.0 Å². The standard InChI is InChI=1S/C22H24BrN3O5S2/c1-3-31-19(28)11-32-20-10-24-17(33-20)9-18(27)26-13-22(6-7-25(12-22)21(29)30-2)15-8-14(23)4-5-16(15)26/h4-5,8,10H,3,6-7,9,11-13H2,1-2H3. The number of fused-ring (bicyclic) bond motifs is 2. The van der Waals surface area contributed by atoms with Gasteiger partial charge < -0.3 is 19.3 Å². The van der Waals surface area contributed by atoms with Crippen LogP contribution in [0.15, 0.2) is 33.1 Å². The van der Waals surface area contributed by atoms with Crippen LogP contribution in [0.2, 0.25) is 0 Å². The van der Waals surface area contributed by atoms with Crippen molar-refractivity contribution in [1.82, 2.24) is 9.88 Å². The van der Waals surface area contributed by atoms with E-state index in [1.54, 1.807) is 18.0 Å². The number of carbonyl (C=O) groups is 3. The molecule has 2 aliphatic heterocycles. The van der Waals surface area contributed by atoms with Crippen molar-refractivity contribution in [3.05, 3.63) is 39.4 Å². The van der Waals surface area contributed by atoms with E-state index in [9.17, 15) is 14.4 Å². The zero-order valence-electron chi connectivity index (χ0n) is 18.3. The van der Waals surface area contributed by atoms with Gasteiger partial charge in [0.05, 0.1) is 36.3 Å². The Balaban J connectivity index is 1.48. The summed E-state index contributed by atoms with van der Waals surface area (Å²) in [7, 11) is 1.38. The van der Waals surface area contributed by atoms with Gasteiger partial charge in [-0.2, -0.15) is 0 Å². The number of thiazole rings is 1. The summed E-state index contributed by atoms with van der Waals surface area (Å²) in [5, 5.41) is 0.702. The van der Waals surface area contributed by atoms with Crippen LogP contribution in [0.3, 0.4) is 0 Å². The number of benzene rings is 1. The Morgan fingerprint density at radius 2 is 2.12 bits per heavy atom. The Bertz CT molecular complexity index is 1080. The number of ether oxygens (including phenoxy) is 2. The van der Waals surface area contributed by atoms with Crippen LogP contribution in [0.4, 0.5) is 10.5 Å². The van der Waals surface area contributed by atoms with E-state index in [-0.39, 0.29) is 35.6 Å². The van der Waals surface area contributed by atoms with Gasteiger partial charge in [0.15, 0.2) is 0 Å². The number of methoxy groups -OCH3 is 1. The first-order chi connectivity index (χ1) is 15.8. The molecule has 1 spiro atoms. The molecule has 0 aliphatic carbocycles. The quantitative estimate of drug-likeness (QED) is 0.396. The maximum absolute atomic E-state index is 13.3. The van der Waals surface area contributed by atoms with Crippen molar-refractivity contribution < 1.29 is 23.9 Å². The molecule has 0 bridgehead atoms. The van der Waals surface area contributed by atoms with E-state index < -0.39 is 0 Å². The lowest BCUT2D eigenvalue weighted by atomic mass is 9.81. The zero-order chi connectivity index (χ0) is 23.6. The highest BCUT2D eigenvalue weighted by atomic mass is 79.9. The average molecular weight is 554 g/mol. The number of amides is 2. The van der Waals surface area contributed by atoms with Crippen LogP contribution in [-0.4, -0.2) is 67.0 Å². The van der Waals surface area contributed by atoms with Gasteiger partial charge in [0.1, 0.15) is 5.01 Å². The second kappa shape index (κ2) is 10.0. The number of thioether (sulfide) groups is 1. The van der Waals surface area contributed by atoms with E-state index in [1.807, 2.05) is 17.0 Å². The third-order valence-electron chi connectivity index (χ3n) is 5.84. The molecule has 1 unspecified atom stereocenters. The predicted molar refractivity (Wildman–Crippen MR) is 130 cm³/mol. The molecule has 1 saturated heterocycles. The van der Waals surface area contributed by atoms with E-state index in [0.29, 0.717) is 31.2 Å². The summed E-state index contributed by atoms with van der Waals surface area (Å²) in [6, 6.07) is 5.94. The first-order valence-corrected chi connectivity index (χ1v) is 13.1. The number of likely N-dealkylation sites (tertiary alicyclic amines) is 1. The second-order valence-corrected chi connectivity index (χ2v) is 11.2.